The van der Waals surface area contributed by atoms with E-state index in [0.717, 1.165) is 20.8 Å². The van der Waals surface area contributed by atoms with Crippen LogP contribution < -0.4 is 0 Å². The summed E-state index contributed by atoms with van der Waals surface area (Å²) in [5.74, 6) is 0. The van der Waals surface area contributed by atoms with Crippen LogP contribution in [0.5, 0.6) is 0 Å². The van der Waals surface area contributed by atoms with Crippen LogP contribution in [0.15, 0.2) is 70.6 Å². The van der Waals surface area contributed by atoms with Crippen LogP contribution in [0, 0.1) is 0 Å². The van der Waals surface area contributed by atoms with Crippen LogP contribution in [-0.4, -0.2) is 4.98 Å². The van der Waals surface area contributed by atoms with E-state index in [1.54, 1.807) is 11.8 Å². The molecule has 0 aliphatic rings. The smallest absolute Gasteiger partial charge is 0.0780 e. The highest BCUT2D eigenvalue weighted by Gasteiger charge is 2.01. The summed E-state index contributed by atoms with van der Waals surface area (Å²) in [6.45, 7) is 0. The molecule has 78 valence electrons. The fourth-order valence-corrected chi connectivity index (χ4v) is 2.49. The van der Waals surface area contributed by atoms with Gasteiger partial charge >= 0.3 is 0 Å². The average molecular weight is 226 g/mol. The standard InChI is InChI=1S/C14H11NS/c1-2-7-12(8-3-1)16-14-10-11-6-4-5-9-13(11)15-14/h1-10,15H/i10D. The lowest BCUT2D eigenvalue weighted by atomic mass is 10.3. The maximum absolute atomic E-state index is 8.12. The Morgan fingerprint density at radius 2 is 1.69 bits per heavy atom. The number of nitrogens with one attached hydrogen (secondary N) is 1. The molecule has 1 nitrogen and oxygen atoms in total. The lowest BCUT2D eigenvalue weighted by Crippen LogP contribution is -1.71. The van der Waals surface area contributed by atoms with Crippen molar-refractivity contribution in [2.75, 3.05) is 0 Å². The van der Waals surface area contributed by atoms with Gasteiger partial charge < -0.3 is 4.98 Å². The molecular formula is C14H11NS. The molecule has 0 fully saturated rings. The maximum Gasteiger partial charge on any atom is 0.0780 e. The average Bonchev–Trinajstić information content (AvgIpc) is 2.68. The summed E-state index contributed by atoms with van der Waals surface area (Å²) in [4.78, 5) is 4.43. The summed E-state index contributed by atoms with van der Waals surface area (Å²) in [5, 5.41) is 1.88. The highest BCUT2D eigenvalue weighted by Crippen LogP contribution is 2.29. The van der Waals surface area contributed by atoms with Crippen LogP contribution in [0.4, 0.5) is 0 Å². The molecule has 16 heavy (non-hydrogen) atoms. The van der Waals surface area contributed by atoms with Crippen molar-refractivity contribution in [2.45, 2.75) is 9.92 Å². The third-order valence-corrected chi connectivity index (χ3v) is 3.30. The molecule has 2 aromatic carbocycles. The lowest BCUT2D eigenvalue weighted by molar-refractivity contribution is 1.23. The number of aromatic amines is 1. The Balaban J connectivity index is 2.04. The summed E-state index contributed by atoms with van der Waals surface area (Å²) in [6, 6.07) is 18.6. The molecule has 0 radical (unpaired) electrons. The zero-order valence-corrected chi connectivity index (χ0v) is 9.42. The molecule has 0 unspecified atom stereocenters. The molecule has 0 amide bonds. The quantitative estimate of drug-likeness (QED) is 0.688. The molecule has 3 rings (SSSR count). The summed E-state index contributed by atoms with van der Waals surface area (Å²) >= 11 is 1.60. The van der Waals surface area contributed by atoms with Gasteiger partial charge in [-0.25, -0.2) is 0 Å². The third-order valence-electron chi connectivity index (χ3n) is 2.39. The number of para-hydroxylation sites is 1. The Labute approximate surface area is 99.9 Å². The van der Waals surface area contributed by atoms with Crippen molar-refractivity contribution in [1.82, 2.24) is 4.98 Å². The second-order valence-electron chi connectivity index (χ2n) is 3.54. The van der Waals surface area contributed by atoms with E-state index in [0.29, 0.717) is 6.04 Å². The van der Waals surface area contributed by atoms with Gasteiger partial charge in [-0.3, -0.25) is 0 Å². The van der Waals surface area contributed by atoms with Crippen LogP contribution >= 0.6 is 11.8 Å². The van der Waals surface area contributed by atoms with E-state index in [4.69, 9.17) is 1.37 Å². The molecule has 2 heteroatoms. The zero-order valence-electron chi connectivity index (χ0n) is 9.60. The molecule has 0 saturated carbocycles. The Morgan fingerprint density at radius 3 is 2.50 bits per heavy atom. The lowest BCUT2D eigenvalue weighted by Gasteiger charge is -1.96. The number of fused-ring (bicyclic) bond motifs is 1. The minimum absolute atomic E-state index is 0.578. The van der Waals surface area contributed by atoms with E-state index in [1.165, 1.54) is 0 Å². The summed E-state index contributed by atoms with van der Waals surface area (Å²) in [7, 11) is 0. The number of benzene rings is 2. The number of rotatable bonds is 2. The molecule has 0 bridgehead atoms. The summed E-state index contributed by atoms with van der Waals surface area (Å²) in [5.41, 5.74) is 1.02. The van der Waals surface area contributed by atoms with Gasteiger partial charge in [0.1, 0.15) is 0 Å². The highest BCUT2D eigenvalue weighted by atomic mass is 32.2. The first-order chi connectivity index (χ1) is 8.34. The van der Waals surface area contributed by atoms with Gasteiger partial charge in [-0.15, -0.1) is 0 Å². The first kappa shape index (κ1) is 8.48. The van der Waals surface area contributed by atoms with Crippen LogP contribution in [0.3, 0.4) is 0 Å². The van der Waals surface area contributed by atoms with Gasteiger partial charge in [0.15, 0.2) is 0 Å². The largest absolute Gasteiger partial charge is 0.349 e. The van der Waals surface area contributed by atoms with E-state index < -0.39 is 0 Å². The van der Waals surface area contributed by atoms with Crippen molar-refractivity contribution in [1.29, 1.82) is 0 Å². The van der Waals surface area contributed by atoms with E-state index in [9.17, 15) is 0 Å². The fourth-order valence-electron chi connectivity index (χ4n) is 1.63. The predicted octanol–water partition coefficient (Wildman–Crippen LogP) is 4.32. The molecule has 1 heterocycles. The molecule has 0 aliphatic heterocycles. The zero-order chi connectivity index (χ0) is 11.7. The molecule has 0 spiro atoms. The molecule has 0 aliphatic carbocycles. The number of aromatic nitrogens is 1. The molecule has 1 N–H and O–H groups in total. The monoisotopic (exact) mass is 226 g/mol. The van der Waals surface area contributed by atoms with Gasteiger partial charge in [0.05, 0.1) is 6.40 Å². The van der Waals surface area contributed by atoms with Gasteiger partial charge in [0.2, 0.25) is 0 Å². The molecule has 3 aromatic rings. The van der Waals surface area contributed by atoms with E-state index in [2.05, 4.69) is 17.1 Å². The summed E-state index contributed by atoms with van der Waals surface area (Å²) in [6.07, 6.45) is 0. The summed E-state index contributed by atoms with van der Waals surface area (Å²) < 4.78 is 8.12. The third kappa shape index (κ3) is 1.84. The van der Waals surface area contributed by atoms with E-state index in [-0.39, 0.29) is 0 Å². The Hall–Kier alpha value is -1.67. The van der Waals surface area contributed by atoms with Gasteiger partial charge in [-0.1, -0.05) is 48.2 Å². The van der Waals surface area contributed by atoms with Gasteiger partial charge in [0, 0.05) is 15.8 Å². The van der Waals surface area contributed by atoms with Crippen molar-refractivity contribution >= 4 is 22.7 Å². The van der Waals surface area contributed by atoms with Crippen molar-refractivity contribution in [3.05, 3.63) is 60.6 Å². The Bertz CT molecular complexity index is 646. The number of H-pyrrole nitrogens is 1. The second-order valence-corrected chi connectivity index (χ2v) is 4.62. The number of hydrogen-bond donors (Lipinski definition) is 1. The highest BCUT2D eigenvalue weighted by molar-refractivity contribution is 7.99. The van der Waals surface area contributed by atoms with Gasteiger partial charge in [0.25, 0.3) is 0 Å². The first-order valence-corrected chi connectivity index (χ1v) is 5.96. The van der Waals surface area contributed by atoms with Gasteiger partial charge in [-0.05, 0) is 24.2 Å². The molecular weight excluding hydrogens is 214 g/mol. The SMILES string of the molecule is [2H]c1c(Sc2ccccc2)[nH]c2ccccc12. The minimum Gasteiger partial charge on any atom is -0.349 e. The van der Waals surface area contributed by atoms with Crippen molar-refractivity contribution in [3.63, 3.8) is 0 Å². The fraction of sp³-hybridized carbons (Fsp3) is 0. The Kier molecular flexibility index (Phi) is 2.15. The van der Waals surface area contributed by atoms with E-state index >= 15 is 0 Å². The van der Waals surface area contributed by atoms with Crippen molar-refractivity contribution in [2.24, 2.45) is 0 Å². The Morgan fingerprint density at radius 1 is 0.938 bits per heavy atom. The first-order valence-electron chi connectivity index (χ1n) is 5.65. The second kappa shape index (κ2) is 4.06. The normalized spacial score (nSPS) is 11.6. The van der Waals surface area contributed by atoms with Crippen molar-refractivity contribution < 1.29 is 1.37 Å². The number of hydrogen-bond acceptors (Lipinski definition) is 1. The molecule has 1 aromatic heterocycles. The van der Waals surface area contributed by atoms with Crippen LogP contribution in [0.2, 0.25) is 0 Å². The maximum atomic E-state index is 8.12. The molecule has 0 atom stereocenters. The molecule has 0 saturated heterocycles. The topological polar surface area (TPSA) is 15.8 Å². The predicted molar refractivity (Wildman–Crippen MR) is 68.9 cm³/mol. The van der Waals surface area contributed by atoms with Crippen LogP contribution in [-0.2, 0) is 0 Å². The minimum atomic E-state index is 0.578. The van der Waals surface area contributed by atoms with Crippen LogP contribution in [0.1, 0.15) is 1.37 Å². The van der Waals surface area contributed by atoms with E-state index in [1.807, 2.05) is 42.5 Å². The van der Waals surface area contributed by atoms with Crippen LogP contribution in [0.25, 0.3) is 10.9 Å². The van der Waals surface area contributed by atoms with Gasteiger partial charge in [-0.2, -0.15) is 0 Å². The van der Waals surface area contributed by atoms with Crippen molar-refractivity contribution in [3.8, 4) is 0 Å².